The van der Waals surface area contributed by atoms with Gasteiger partial charge in [-0.1, -0.05) is 6.07 Å². The van der Waals surface area contributed by atoms with Crippen LogP contribution in [0.15, 0.2) is 24.4 Å². The number of carbonyl (C=O) groups excluding carboxylic acids is 1. The third-order valence-electron chi connectivity index (χ3n) is 2.60. The zero-order valence-corrected chi connectivity index (χ0v) is 9.86. The molecule has 0 bridgehead atoms. The minimum Gasteiger partial charge on any atom is -0.505 e. The molecule has 4 nitrogen and oxygen atoms in total. The Labute approximate surface area is 106 Å². The molecule has 2 aromatic rings. The molecule has 1 N–H and O–H groups in total. The molecule has 0 atom stereocenters. The number of nitrogens with zero attached hydrogens (tertiary/aromatic N) is 1. The fourth-order valence-corrected chi connectivity index (χ4v) is 1.76. The number of esters is 1. The molecule has 1 heterocycles. The zero-order valence-electron chi connectivity index (χ0n) is 9.86. The average Bonchev–Trinajstić information content (AvgIpc) is 2.68. The van der Waals surface area contributed by atoms with E-state index in [0.717, 1.165) is 0 Å². The van der Waals surface area contributed by atoms with Crippen molar-refractivity contribution in [2.45, 2.75) is 6.18 Å². The van der Waals surface area contributed by atoms with Crippen LogP contribution in [0.4, 0.5) is 13.2 Å². The first-order valence-electron chi connectivity index (χ1n) is 5.30. The van der Waals surface area contributed by atoms with Gasteiger partial charge in [0.05, 0.1) is 5.52 Å². The Hall–Kier alpha value is -2.18. The largest absolute Gasteiger partial charge is 0.505 e. The molecule has 0 saturated heterocycles. The number of alkyl halides is 3. The van der Waals surface area contributed by atoms with Crippen molar-refractivity contribution in [3.8, 4) is 5.75 Å². The number of phenolic OH excluding ortho intramolecular Hbond substituents is 1. The molecule has 0 aliphatic heterocycles. The Kier molecular flexibility index (Phi) is 3.13. The average molecular weight is 273 g/mol. The second-order valence-electron chi connectivity index (χ2n) is 4.02. The number of rotatable bonds is 2. The minimum absolute atomic E-state index is 0.293. The van der Waals surface area contributed by atoms with Crippen LogP contribution in [0.25, 0.3) is 10.9 Å². The first kappa shape index (κ1) is 13.3. The molecule has 102 valence electrons. The fourth-order valence-electron chi connectivity index (χ4n) is 1.76. The molecule has 1 aromatic heterocycles. The van der Waals surface area contributed by atoms with E-state index < -0.39 is 24.5 Å². The molecule has 2 rings (SSSR count). The van der Waals surface area contributed by atoms with Crippen LogP contribution in [-0.4, -0.2) is 28.4 Å². The van der Waals surface area contributed by atoms with Gasteiger partial charge in [0.2, 0.25) is 0 Å². The summed E-state index contributed by atoms with van der Waals surface area (Å²) in [6.07, 6.45) is -2.93. The molecule has 19 heavy (non-hydrogen) atoms. The molecule has 0 unspecified atom stereocenters. The van der Waals surface area contributed by atoms with E-state index in [1.807, 2.05) is 0 Å². The summed E-state index contributed by atoms with van der Waals surface area (Å²) in [5, 5.41) is 10.6. The van der Waals surface area contributed by atoms with Crippen molar-refractivity contribution in [1.29, 1.82) is 0 Å². The van der Waals surface area contributed by atoms with Crippen molar-refractivity contribution in [2.75, 3.05) is 6.61 Å². The van der Waals surface area contributed by atoms with Gasteiger partial charge in [-0.05, 0) is 12.1 Å². The van der Waals surface area contributed by atoms with Crippen LogP contribution in [0.1, 0.15) is 10.4 Å². The van der Waals surface area contributed by atoms with Crippen molar-refractivity contribution >= 4 is 16.9 Å². The van der Waals surface area contributed by atoms with Crippen molar-refractivity contribution in [2.24, 2.45) is 7.05 Å². The van der Waals surface area contributed by atoms with Crippen LogP contribution in [0.3, 0.4) is 0 Å². The van der Waals surface area contributed by atoms with Gasteiger partial charge in [0.25, 0.3) is 0 Å². The lowest BCUT2D eigenvalue weighted by molar-refractivity contribution is -0.161. The quantitative estimate of drug-likeness (QED) is 0.856. The monoisotopic (exact) mass is 273 g/mol. The van der Waals surface area contributed by atoms with Gasteiger partial charge < -0.3 is 14.4 Å². The summed E-state index contributed by atoms with van der Waals surface area (Å²) < 4.78 is 41.5. The van der Waals surface area contributed by atoms with Crippen molar-refractivity contribution in [3.05, 3.63) is 30.0 Å². The maximum absolute atomic E-state index is 12.0. The number of fused-ring (bicyclic) bond motifs is 1. The highest BCUT2D eigenvalue weighted by Gasteiger charge is 2.30. The van der Waals surface area contributed by atoms with Crippen molar-refractivity contribution in [3.63, 3.8) is 0 Å². The molecule has 7 heteroatoms. The number of aromatic hydroxyl groups is 1. The van der Waals surface area contributed by atoms with Gasteiger partial charge in [-0.2, -0.15) is 13.2 Å². The number of ether oxygens (including phenoxy) is 1. The number of aromatic nitrogens is 1. The van der Waals surface area contributed by atoms with E-state index in [1.54, 1.807) is 23.9 Å². The molecule has 0 fully saturated rings. The standard InChI is InChI=1S/C12H10F3NO3/c1-16-5-4-7-2-3-8(10(17)9(7)16)11(18)19-6-12(13,14)15/h2-5,17H,6H2,1H3. The Bertz CT molecular complexity index is 631. The van der Waals surface area contributed by atoms with E-state index in [4.69, 9.17) is 0 Å². The maximum Gasteiger partial charge on any atom is 0.422 e. The van der Waals surface area contributed by atoms with E-state index >= 15 is 0 Å². The van der Waals surface area contributed by atoms with E-state index in [9.17, 15) is 23.1 Å². The maximum atomic E-state index is 12.0. The van der Waals surface area contributed by atoms with E-state index in [0.29, 0.717) is 10.9 Å². The lowest BCUT2D eigenvalue weighted by atomic mass is 10.1. The molecule has 0 radical (unpaired) electrons. The van der Waals surface area contributed by atoms with E-state index in [2.05, 4.69) is 4.74 Å². The smallest absolute Gasteiger partial charge is 0.422 e. The van der Waals surface area contributed by atoms with Crippen LogP contribution >= 0.6 is 0 Å². The SMILES string of the molecule is Cn1ccc2ccc(C(=O)OCC(F)(F)F)c(O)c21. The Morgan fingerprint density at radius 1 is 1.37 bits per heavy atom. The van der Waals surface area contributed by atoms with Crippen molar-refractivity contribution in [1.82, 2.24) is 4.57 Å². The van der Waals surface area contributed by atoms with Crippen LogP contribution < -0.4 is 0 Å². The summed E-state index contributed by atoms with van der Waals surface area (Å²) in [5.74, 6) is -1.60. The minimum atomic E-state index is -4.60. The van der Waals surface area contributed by atoms with Gasteiger partial charge in [-0.3, -0.25) is 0 Å². The van der Waals surface area contributed by atoms with Gasteiger partial charge in [0.1, 0.15) is 5.56 Å². The van der Waals surface area contributed by atoms with Crippen LogP contribution in [0.5, 0.6) is 5.75 Å². The molecule has 0 amide bonds. The zero-order chi connectivity index (χ0) is 14.2. The molecular formula is C12H10F3NO3. The van der Waals surface area contributed by atoms with Crippen molar-refractivity contribution < 1.29 is 27.8 Å². The highest BCUT2D eigenvalue weighted by molar-refractivity contribution is 6.00. The van der Waals surface area contributed by atoms with Crippen LogP contribution in [0, 0.1) is 0 Å². The number of halogens is 3. The molecule has 0 spiro atoms. The molecule has 0 aliphatic rings. The molecule has 1 aromatic carbocycles. The fraction of sp³-hybridized carbons (Fsp3) is 0.250. The molecular weight excluding hydrogens is 263 g/mol. The topological polar surface area (TPSA) is 51.5 Å². The summed E-state index contributed by atoms with van der Waals surface area (Å²) in [4.78, 5) is 11.5. The third kappa shape index (κ3) is 2.64. The molecule has 0 aliphatic carbocycles. The number of carbonyl (C=O) groups is 1. The summed E-state index contributed by atoms with van der Waals surface area (Å²) in [6, 6.07) is 4.47. The van der Waals surface area contributed by atoms with E-state index in [1.165, 1.54) is 12.1 Å². The second-order valence-corrected chi connectivity index (χ2v) is 4.02. The van der Waals surface area contributed by atoms with Gasteiger partial charge in [0.15, 0.2) is 12.4 Å². The Morgan fingerprint density at radius 2 is 2.05 bits per heavy atom. The predicted octanol–water partition coefficient (Wildman–Crippen LogP) is 2.60. The second kappa shape index (κ2) is 4.49. The van der Waals surface area contributed by atoms with Gasteiger partial charge in [0, 0.05) is 18.6 Å². The predicted molar refractivity (Wildman–Crippen MR) is 60.9 cm³/mol. The van der Waals surface area contributed by atoms with Crippen LogP contribution in [0.2, 0.25) is 0 Å². The first-order chi connectivity index (χ1) is 8.79. The number of hydrogen-bond donors (Lipinski definition) is 1. The Morgan fingerprint density at radius 3 is 2.68 bits per heavy atom. The normalized spacial score (nSPS) is 11.8. The van der Waals surface area contributed by atoms with Gasteiger partial charge in [-0.15, -0.1) is 0 Å². The number of benzene rings is 1. The summed E-state index contributed by atoms with van der Waals surface area (Å²) in [7, 11) is 1.65. The summed E-state index contributed by atoms with van der Waals surface area (Å²) in [6.45, 7) is -1.68. The summed E-state index contributed by atoms with van der Waals surface area (Å²) >= 11 is 0. The summed E-state index contributed by atoms with van der Waals surface area (Å²) in [5.41, 5.74) is 0.0695. The lowest BCUT2D eigenvalue weighted by Crippen LogP contribution is -2.20. The van der Waals surface area contributed by atoms with Gasteiger partial charge in [-0.25, -0.2) is 4.79 Å². The van der Waals surface area contributed by atoms with Crippen LogP contribution in [-0.2, 0) is 11.8 Å². The van der Waals surface area contributed by atoms with Gasteiger partial charge >= 0.3 is 12.1 Å². The lowest BCUT2D eigenvalue weighted by Gasteiger charge is -2.09. The highest BCUT2D eigenvalue weighted by Crippen LogP contribution is 2.30. The number of aryl methyl sites for hydroxylation is 1. The third-order valence-corrected chi connectivity index (χ3v) is 2.60. The number of phenols is 1. The number of hydrogen-bond acceptors (Lipinski definition) is 3. The highest BCUT2D eigenvalue weighted by atomic mass is 19.4. The Balaban J connectivity index is 2.32. The molecule has 0 saturated carbocycles. The first-order valence-corrected chi connectivity index (χ1v) is 5.30. The van der Waals surface area contributed by atoms with E-state index in [-0.39, 0.29) is 5.56 Å².